The van der Waals surface area contributed by atoms with Gasteiger partial charge in [0, 0.05) is 22.3 Å². The van der Waals surface area contributed by atoms with Crippen molar-refractivity contribution in [3.63, 3.8) is 0 Å². The lowest BCUT2D eigenvalue weighted by molar-refractivity contribution is 0.318. The minimum Gasteiger partial charge on any atom is -0.409 e. The number of oxime groups is 1. The van der Waals surface area contributed by atoms with E-state index in [9.17, 15) is 4.39 Å². The number of halogens is 3. The van der Waals surface area contributed by atoms with Crippen molar-refractivity contribution in [1.29, 1.82) is 0 Å². The van der Waals surface area contributed by atoms with E-state index in [1.165, 1.54) is 12.1 Å². The molecule has 0 bridgehead atoms. The fourth-order valence-corrected chi connectivity index (χ4v) is 2.29. The molecule has 0 aliphatic rings. The lowest BCUT2D eigenvalue weighted by Gasteiger charge is -2.11. The van der Waals surface area contributed by atoms with Crippen LogP contribution in [0.25, 0.3) is 0 Å². The van der Waals surface area contributed by atoms with E-state index in [4.69, 9.17) is 22.5 Å². The maximum atomic E-state index is 13.3. The van der Waals surface area contributed by atoms with Crippen LogP contribution in [0.4, 0.5) is 10.1 Å². The minimum absolute atomic E-state index is 0.136. The van der Waals surface area contributed by atoms with Crippen LogP contribution in [0.15, 0.2) is 46.0 Å². The van der Waals surface area contributed by atoms with Crippen molar-refractivity contribution < 1.29 is 9.60 Å². The molecular weight excluding hydrogens is 361 g/mol. The van der Waals surface area contributed by atoms with Gasteiger partial charge in [-0.1, -0.05) is 22.8 Å². The van der Waals surface area contributed by atoms with Crippen molar-refractivity contribution in [1.82, 2.24) is 0 Å². The average Bonchev–Trinajstić information content (AvgIpc) is 2.48. The Kier molecular flexibility index (Phi) is 5.03. The molecule has 0 unspecified atom stereocenters. The molecule has 2 rings (SSSR count). The highest BCUT2D eigenvalue weighted by molar-refractivity contribution is 9.10. The lowest BCUT2D eigenvalue weighted by Crippen LogP contribution is -2.17. The maximum absolute atomic E-state index is 13.3. The highest BCUT2D eigenvalue weighted by Gasteiger charge is 2.09. The molecular formula is C14H12BrClFN3O. The summed E-state index contributed by atoms with van der Waals surface area (Å²) in [4.78, 5) is 0. The van der Waals surface area contributed by atoms with Gasteiger partial charge in [-0.05, 0) is 51.8 Å². The Labute approximate surface area is 134 Å². The summed E-state index contributed by atoms with van der Waals surface area (Å²) in [5.41, 5.74) is 7.44. The summed E-state index contributed by atoms with van der Waals surface area (Å²) in [6, 6.07) is 9.53. The van der Waals surface area contributed by atoms with Gasteiger partial charge >= 0.3 is 0 Å². The van der Waals surface area contributed by atoms with Crippen LogP contribution in [0.1, 0.15) is 11.1 Å². The van der Waals surface area contributed by atoms with Crippen LogP contribution in [-0.4, -0.2) is 11.0 Å². The molecule has 7 heteroatoms. The van der Waals surface area contributed by atoms with E-state index in [0.29, 0.717) is 22.7 Å². The molecule has 0 saturated carbocycles. The van der Waals surface area contributed by atoms with Crippen LogP contribution in [0.3, 0.4) is 0 Å². The molecule has 4 N–H and O–H groups in total. The number of nitrogens with one attached hydrogen (secondary N) is 1. The Morgan fingerprint density at radius 1 is 1.33 bits per heavy atom. The third-order valence-corrected chi connectivity index (χ3v) is 4.07. The molecule has 2 aromatic rings. The SMILES string of the molecule is N/C(=N/O)c1cc(F)ccc1CNc1ccc(Cl)c(Br)c1. The Morgan fingerprint density at radius 2 is 2.10 bits per heavy atom. The number of hydrogen-bond acceptors (Lipinski definition) is 3. The standard InChI is InChI=1S/C14H12BrClFN3O/c15-12-6-10(3-4-13(12)16)19-7-8-1-2-9(17)5-11(8)14(18)20-21/h1-6,19,21H,7H2,(H2,18,20). The van der Waals surface area contributed by atoms with Crippen LogP contribution in [0, 0.1) is 5.82 Å². The average molecular weight is 373 g/mol. The third kappa shape index (κ3) is 3.86. The second-order valence-corrected chi connectivity index (χ2v) is 5.53. The van der Waals surface area contributed by atoms with Gasteiger partial charge in [0.25, 0.3) is 0 Å². The second-order valence-electron chi connectivity index (χ2n) is 4.27. The van der Waals surface area contributed by atoms with Gasteiger partial charge in [-0.15, -0.1) is 0 Å². The Balaban J connectivity index is 2.21. The van der Waals surface area contributed by atoms with Gasteiger partial charge in [-0.2, -0.15) is 0 Å². The molecule has 110 valence electrons. The van der Waals surface area contributed by atoms with Gasteiger partial charge in [0.15, 0.2) is 5.84 Å². The molecule has 0 aromatic heterocycles. The number of nitrogens with two attached hydrogens (primary N) is 1. The Morgan fingerprint density at radius 3 is 2.76 bits per heavy atom. The van der Waals surface area contributed by atoms with Gasteiger partial charge in [0.05, 0.1) is 5.02 Å². The Bertz CT molecular complexity index is 694. The van der Waals surface area contributed by atoms with Crippen molar-refractivity contribution in [3.8, 4) is 0 Å². The first-order valence-corrected chi connectivity index (χ1v) is 7.13. The number of rotatable bonds is 4. The quantitative estimate of drug-likeness (QED) is 0.329. The molecule has 0 fully saturated rings. The first-order valence-electron chi connectivity index (χ1n) is 5.96. The van der Waals surface area contributed by atoms with Crippen molar-refractivity contribution in [2.75, 3.05) is 5.32 Å². The van der Waals surface area contributed by atoms with E-state index in [1.54, 1.807) is 12.1 Å². The van der Waals surface area contributed by atoms with Crippen molar-refractivity contribution in [2.45, 2.75) is 6.54 Å². The van der Waals surface area contributed by atoms with Gasteiger partial charge < -0.3 is 16.3 Å². The maximum Gasteiger partial charge on any atom is 0.170 e. The molecule has 2 aromatic carbocycles. The highest BCUT2D eigenvalue weighted by atomic mass is 79.9. The third-order valence-electron chi connectivity index (χ3n) is 2.86. The van der Waals surface area contributed by atoms with E-state index in [1.807, 2.05) is 12.1 Å². The van der Waals surface area contributed by atoms with E-state index >= 15 is 0 Å². The monoisotopic (exact) mass is 371 g/mol. The van der Waals surface area contributed by atoms with Gasteiger partial charge in [0.2, 0.25) is 0 Å². The molecule has 21 heavy (non-hydrogen) atoms. The van der Waals surface area contributed by atoms with E-state index in [-0.39, 0.29) is 5.84 Å². The molecule has 0 spiro atoms. The zero-order valence-corrected chi connectivity index (χ0v) is 13.1. The largest absolute Gasteiger partial charge is 0.409 e. The summed E-state index contributed by atoms with van der Waals surface area (Å²) in [7, 11) is 0. The van der Waals surface area contributed by atoms with Gasteiger partial charge in [-0.3, -0.25) is 0 Å². The molecule has 0 aliphatic carbocycles. The summed E-state index contributed by atoms with van der Waals surface area (Å²) in [6.45, 7) is 0.389. The number of hydrogen-bond donors (Lipinski definition) is 3. The summed E-state index contributed by atoms with van der Waals surface area (Å²) in [6.07, 6.45) is 0. The number of amidine groups is 1. The van der Waals surface area contributed by atoms with Gasteiger partial charge in [0.1, 0.15) is 5.82 Å². The van der Waals surface area contributed by atoms with Crippen LogP contribution < -0.4 is 11.1 Å². The number of nitrogens with zero attached hydrogens (tertiary/aromatic N) is 1. The minimum atomic E-state index is -0.449. The number of anilines is 1. The first kappa shape index (κ1) is 15.6. The summed E-state index contributed by atoms with van der Waals surface area (Å²) in [5.74, 6) is -0.585. The van der Waals surface area contributed by atoms with E-state index in [2.05, 4.69) is 26.4 Å². The molecule has 0 aliphatic heterocycles. The van der Waals surface area contributed by atoms with Crippen LogP contribution in [0.2, 0.25) is 5.02 Å². The first-order chi connectivity index (χ1) is 10.0. The molecule has 4 nitrogen and oxygen atoms in total. The molecule has 0 amide bonds. The number of benzene rings is 2. The predicted molar refractivity (Wildman–Crippen MR) is 85.4 cm³/mol. The van der Waals surface area contributed by atoms with Crippen LogP contribution in [-0.2, 0) is 6.54 Å². The van der Waals surface area contributed by atoms with Crippen LogP contribution >= 0.6 is 27.5 Å². The smallest absolute Gasteiger partial charge is 0.170 e. The molecule has 0 radical (unpaired) electrons. The van der Waals surface area contributed by atoms with Crippen molar-refractivity contribution in [3.05, 3.63) is 62.8 Å². The summed E-state index contributed by atoms with van der Waals surface area (Å²) >= 11 is 9.26. The van der Waals surface area contributed by atoms with Crippen molar-refractivity contribution >= 4 is 39.1 Å². The van der Waals surface area contributed by atoms with E-state index in [0.717, 1.165) is 10.2 Å². The normalized spacial score (nSPS) is 11.5. The van der Waals surface area contributed by atoms with E-state index < -0.39 is 5.82 Å². The lowest BCUT2D eigenvalue weighted by atomic mass is 10.1. The highest BCUT2D eigenvalue weighted by Crippen LogP contribution is 2.26. The van der Waals surface area contributed by atoms with Crippen molar-refractivity contribution in [2.24, 2.45) is 10.9 Å². The molecule has 0 atom stereocenters. The molecule has 0 heterocycles. The zero-order chi connectivity index (χ0) is 15.4. The fraction of sp³-hybridized carbons (Fsp3) is 0.0714. The molecule has 0 saturated heterocycles. The predicted octanol–water partition coefficient (Wildman–Crippen LogP) is 3.95. The van der Waals surface area contributed by atoms with Gasteiger partial charge in [-0.25, -0.2) is 4.39 Å². The summed E-state index contributed by atoms with van der Waals surface area (Å²) < 4.78 is 14.0. The summed E-state index contributed by atoms with van der Waals surface area (Å²) in [5, 5.41) is 15.4. The zero-order valence-electron chi connectivity index (χ0n) is 10.8. The second kappa shape index (κ2) is 6.78. The fourth-order valence-electron chi connectivity index (χ4n) is 1.80. The Hall–Kier alpha value is -1.79. The topological polar surface area (TPSA) is 70.6 Å². The van der Waals surface area contributed by atoms with Crippen LogP contribution in [0.5, 0.6) is 0 Å².